The minimum atomic E-state index is -2.98. The van der Waals surface area contributed by atoms with Crippen LogP contribution in [0.1, 0.15) is 29.4 Å². The normalized spacial score (nSPS) is 21.3. The number of aryl methyl sites for hydroxylation is 1. The second kappa shape index (κ2) is 5.28. The standard InChI is InChI=1S/C13H18N2O3S/c1-3-15(12-5-7-19(17,18)9-12)13(16)11-4-6-14-10(2)8-11/h4,6,8,12H,3,5,7,9H2,1-2H3. The van der Waals surface area contributed by atoms with Crippen LogP contribution in [-0.4, -0.2) is 48.3 Å². The van der Waals surface area contributed by atoms with Crippen LogP contribution in [-0.2, 0) is 9.84 Å². The van der Waals surface area contributed by atoms with E-state index in [1.54, 1.807) is 23.2 Å². The van der Waals surface area contributed by atoms with Gasteiger partial charge in [-0.05, 0) is 32.4 Å². The van der Waals surface area contributed by atoms with Crippen LogP contribution in [0.25, 0.3) is 0 Å². The fourth-order valence-corrected chi connectivity index (χ4v) is 4.16. The number of hydrogen-bond acceptors (Lipinski definition) is 4. The van der Waals surface area contributed by atoms with Crippen LogP contribution in [0.3, 0.4) is 0 Å². The van der Waals surface area contributed by atoms with Gasteiger partial charge in [0.05, 0.1) is 11.5 Å². The van der Waals surface area contributed by atoms with Gasteiger partial charge in [0, 0.05) is 30.0 Å². The summed E-state index contributed by atoms with van der Waals surface area (Å²) in [5, 5.41) is 0. The molecule has 6 heteroatoms. The van der Waals surface area contributed by atoms with E-state index in [2.05, 4.69) is 4.98 Å². The third-order valence-electron chi connectivity index (χ3n) is 3.39. The van der Waals surface area contributed by atoms with Gasteiger partial charge in [-0.2, -0.15) is 0 Å². The summed E-state index contributed by atoms with van der Waals surface area (Å²) in [4.78, 5) is 18.1. The van der Waals surface area contributed by atoms with Crippen molar-refractivity contribution in [2.75, 3.05) is 18.1 Å². The molecule has 0 radical (unpaired) electrons. The number of pyridine rings is 1. The summed E-state index contributed by atoms with van der Waals surface area (Å²) in [6.07, 6.45) is 2.13. The molecule has 0 bridgehead atoms. The molecule has 2 rings (SSSR count). The van der Waals surface area contributed by atoms with Gasteiger partial charge >= 0.3 is 0 Å². The molecule has 0 aliphatic carbocycles. The zero-order valence-corrected chi connectivity index (χ0v) is 12.0. The Morgan fingerprint density at radius 1 is 1.53 bits per heavy atom. The highest BCUT2D eigenvalue weighted by atomic mass is 32.2. The van der Waals surface area contributed by atoms with E-state index in [4.69, 9.17) is 0 Å². The molecule has 1 aromatic heterocycles. The fraction of sp³-hybridized carbons (Fsp3) is 0.538. The molecule has 1 aliphatic heterocycles. The van der Waals surface area contributed by atoms with Gasteiger partial charge in [0.2, 0.25) is 0 Å². The van der Waals surface area contributed by atoms with Crippen molar-refractivity contribution in [2.45, 2.75) is 26.3 Å². The molecule has 1 aliphatic rings. The number of amides is 1. The molecule has 1 aromatic rings. The van der Waals surface area contributed by atoms with Crippen LogP contribution < -0.4 is 0 Å². The molecular formula is C13H18N2O3S. The van der Waals surface area contributed by atoms with Crippen molar-refractivity contribution >= 4 is 15.7 Å². The zero-order valence-electron chi connectivity index (χ0n) is 11.2. The summed E-state index contributed by atoms with van der Waals surface area (Å²) in [5.41, 5.74) is 1.35. The first-order valence-corrected chi connectivity index (χ1v) is 8.19. The first-order valence-electron chi connectivity index (χ1n) is 6.37. The molecule has 1 unspecified atom stereocenters. The van der Waals surface area contributed by atoms with Gasteiger partial charge in [-0.25, -0.2) is 8.42 Å². The van der Waals surface area contributed by atoms with Crippen molar-refractivity contribution in [1.29, 1.82) is 0 Å². The number of sulfone groups is 1. The Kier molecular flexibility index (Phi) is 3.89. The van der Waals surface area contributed by atoms with Crippen molar-refractivity contribution in [3.63, 3.8) is 0 Å². The average Bonchev–Trinajstić information content (AvgIpc) is 2.70. The molecule has 0 N–H and O–H groups in total. The number of rotatable bonds is 3. The molecule has 0 aromatic carbocycles. The lowest BCUT2D eigenvalue weighted by Crippen LogP contribution is -2.41. The van der Waals surface area contributed by atoms with E-state index in [1.165, 1.54) is 0 Å². The largest absolute Gasteiger partial charge is 0.335 e. The van der Waals surface area contributed by atoms with E-state index < -0.39 is 9.84 Å². The van der Waals surface area contributed by atoms with Gasteiger partial charge in [-0.3, -0.25) is 9.78 Å². The summed E-state index contributed by atoms with van der Waals surface area (Å²) in [6.45, 7) is 4.21. The maximum Gasteiger partial charge on any atom is 0.254 e. The Morgan fingerprint density at radius 2 is 2.26 bits per heavy atom. The van der Waals surface area contributed by atoms with E-state index in [1.807, 2.05) is 13.8 Å². The van der Waals surface area contributed by atoms with E-state index in [-0.39, 0.29) is 23.5 Å². The maximum absolute atomic E-state index is 12.4. The predicted molar refractivity (Wildman–Crippen MR) is 72.7 cm³/mol. The van der Waals surface area contributed by atoms with E-state index in [0.717, 1.165) is 5.69 Å². The lowest BCUT2D eigenvalue weighted by molar-refractivity contribution is 0.0708. The summed E-state index contributed by atoms with van der Waals surface area (Å²) >= 11 is 0. The second-order valence-electron chi connectivity index (χ2n) is 4.83. The second-order valence-corrected chi connectivity index (χ2v) is 7.06. The molecule has 5 nitrogen and oxygen atoms in total. The van der Waals surface area contributed by atoms with Gasteiger partial charge in [0.25, 0.3) is 5.91 Å². The van der Waals surface area contributed by atoms with Gasteiger partial charge in [-0.1, -0.05) is 0 Å². The third kappa shape index (κ3) is 3.12. The summed E-state index contributed by atoms with van der Waals surface area (Å²) in [5.74, 6) is 0.142. The van der Waals surface area contributed by atoms with Gasteiger partial charge in [-0.15, -0.1) is 0 Å². The zero-order chi connectivity index (χ0) is 14.0. The summed E-state index contributed by atoms with van der Waals surface area (Å²) in [7, 11) is -2.98. The van der Waals surface area contributed by atoms with Crippen molar-refractivity contribution in [3.05, 3.63) is 29.6 Å². The van der Waals surface area contributed by atoms with Gasteiger partial charge in [0.15, 0.2) is 9.84 Å². The van der Waals surface area contributed by atoms with Crippen molar-refractivity contribution in [1.82, 2.24) is 9.88 Å². The quantitative estimate of drug-likeness (QED) is 0.830. The van der Waals surface area contributed by atoms with Crippen LogP contribution in [0.2, 0.25) is 0 Å². The Labute approximate surface area is 113 Å². The number of carbonyl (C=O) groups excluding carboxylic acids is 1. The van der Waals surface area contributed by atoms with E-state index >= 15 is 0 Å². The molecule has 1 atom stereocenters. The van der Waals surface area contributed by atoms with Gasteiger partial charge < -0.3 is 4.90 Å². The Bertz CT molecular complexity index is 583. The number of carbonyl (C=O) groups is 1. The maximum atomic E-state index is 12.4. The Hall–Kier alpha value is -1.43. The Balaban J connectivity index is 2.21. The smallest absolute Gasteiger partial charge is 0.254 e. The van der Waals surface area contributed by atoms with E-state index in [9.17, 15) is 13.2 Å². The summed E-state index contributed by atoms with van der Waals surface area (Å²) < 4.78 is 23.1. The molecule has 2 heterocycles. The number of hydrogen-bond donors (Lipinski definition) is 0. The fourth-order valence-electron chi connectivity index (χ4n) is 2.43. The van der Waals surface area contributed by atoms with Crippen LogP contribution in [0, 0.1) is 6.92 Å². The predicted octanol–water partition coefficient (Wildman–Crippen LogP) is 1.04. The average molecular weight is 282 g/mol. The number of nitrogens with zero attached hydrogens (tertiary/aromatic N) is 2. The molecular weight excluding hydrogens is 264 g/mol. The lowest BCUT2D eigenvalue weighted by Gasteiger charge is -2.27. The van der Waals surface area contributed by atoms with Crippen molar-refractivity contribution in [2.24, 2.45) is 0 Å². The highest BCUT2D eigenvalue weighted by molar-refractivity contribution is 7.91. The van der Waals surface area contributed by atoms with E-state index in [0.29, 0.717) is 18.5 Å². The highest BCUT2D eigenvalue weighted by Gasteiger charge is 2.34. The van der Waals surface area contributed by atoms with Gasteiger partial charge in [0.1, 0.15) is 0 Å². The third-order valence-corrected chi connectivity index (χ3v) is 5.14. The topological polar surface area (TPSA) is 67.3 Å². The molecule has 1 saturated heterocycles. The first kappa shape index (κ1) is 14.0. The summed E-state index contributed by atoms with van der Waals surface area (Å²) in [6, 6.07) is 3.20. The number of aromatic nitrogens is 1. The van der Waals surface area contributed by atoms with Crippen LogP contribution in [0.15, 0.2) is 18.3 Å². The van der Waals surface area contributed by atoms with Crippen molar-refractivity contribution in [3.8, 4) is 0 Å². The van der Waals surface area contributed by atoms with Crippen molar-refractivity contribution < 1.29 is 13.2 Å². The molecule has 0 spiro atoms. The molecule has 1 amide bonds. The van der Waals surface area contributed by atoms with Crippen LogP contribution in [0.4, 0.5) is 0 Å². The minimum absolute atomic E-state index is 0.0800. The van der Waals surface area contributed by atoms with Crippen LogP contribution in [0.5, 0.6) is 0 Å². The SMILES string of the molecule is CCN(C(=O)c1ccnc(C)c1)C1CCS(=O)(=O)C1. The molecule has 0 saturated carbocycles. The van der Waals surface area contributed by atoms with Crippen LogP contribution >= 0.6 is 0 Å². The first-order chi connectivity index (χ1) is 8.93. The monoisotopic (exact) mass is 282 g/mol. The molecule has 104 valence electrons. The minimum Gasteiger partial charge on any atom is -0.335 e. The molecule has 1 fully saturated rings. The lowest BCUT2D eigenvalue weighted by atomic mass is 10.1. The highest BCUT2D eigenvalue weighted by Crippen LogP contribution is 2.19. The molecule has 19 heavy (non-hydrogen) atoms. The Morgan fingerprint density at radius 3 is 2.79 bits per heavy atom.